The van der Waals surface area contributed by atoms with Crippen LogP contribution >= 0.6 is 0 Å². The number of nitrogens with one attached hydrogen (secondary N) is 1. The fraction of sp³-hybridized carbons (Fsp3) is 1.00. The minimum atomic E-state index is -3.43. The van der Waals surface area contributed by atoms with Crippen LogP contribution < -0.4 is 5.32 Å². The summed E-state index contributed by atoms with van der Waals surface area (Å²) in [6.07, 6.45) is 0. The molecule has 0 aliphatic carbocycles. The molecule has 1 saturated heterocycles. The molecule has 0 radical (unpaired) electrons. The van der Waals surface area contributed by atoms with Crippen LogP contribution in [0, 0.1) is 5.41 Å². The maximum atomic E-state index is 11.8. The molecule has 0 amide bonds. The van der Waals surface area contributed by atoms with E-state index in [2.05, 4.69) is 10.2 Å². The summed E-state index contributed by atoms with van der Waals surface area (Å²) in [5, 5.41) is 3.20. The van der Waals surface area contributed by atoms with Gasteiger partial charge in [-0.25, -0.2) is 0 Å². The van der Waals surface area contributed by atoms with Crippen LogP contribution in [0.25, 0.3) is 0 Å². The predicted molar refractivity (Wildman–Crippen MR) is 70.6 cm³/mol. The molecular weight excluding hydrogens is 240 g/mol. The van der Waals surface area contributed by atoms with Crippen LogP contribution in [0.1, 0.15) is 22.2 Å². The number of piperazine rings is 1. The van der Waals surface area contributed by atoms with E-state index in [1.165, 1.54) is 0 Å². The molecule has 0 spiro atoms. The monoisotopic (exact) mass is 266 g/mol. The highest BCUT2D eigenvalue weighted by Crippen LogP contribution is 2.15. The Labute approximate surface area is 106 Å². The Balaban J connectivity index is 0.00000289. The van der Waals surface area contributed by atoms with Gasteiger partial charge in [-0.05, 0) is 12.5 Å². The molecule has 17 heavy (non-hydrogen) atoms. The van der Waals surface area contributed by atoms with E-state index in [1.807, 2.05) is 27.8 Å². The molecule has 104 valence electrons. The van der Waals surface area contributed by atoms with Gasteiger partial charge in [-0.15, -0.1) is 0 Å². The molecule has 1 rings (SSSR count). The smallest absolute Gasteiger partial charge is 0.268 e. The Morgan fingerprint density at radius 1 is 1.47 bits per heavy atom. The van der Waals surface area contributed by atoms with E-state index in [4.69, 9.17) is 4.18 Å². The third-order valence-corrected chi connectivity index (χ3v) is 3.82. The molecule has 0 aromatic rings. The minimum absolute atomic E-state index is 0. The molecule has 1 aliphatic heterocycles. The van der Waals surface area contributed by atoms with Crippen LogP contribution in [0.2, 0.25) is 0 Å². The standard InChI is InChI=1S/C11H24N2O3S.H2/c1-11(2,3)9-16-17(14,15)8-10-7-13(4)6-5-12-10;/h10,12H,5-9H2,1-4H3;1H. The first-order valence-electron chi connectivity index (χ1n) is 5.97. The summed E-state index contributed by atoms with van der Waals surface area (Å²) >= 11 is 0. The maximum Gasteiger partial charge on any atom is 0.268 e. The molecule has 1 N–H and O–H groups in total. The number of hydrogen-bond donors (Lipinski definition) is 1. The molecule has 5 nitrogen and oxygen atoms in total. The first-order valence-corrected chi connectivity index (χ1v) is 7.55. The fourth-order valence-corrected chi connectivity index (χ4v) is 3.01. The van der Waals surface area contributed by atoms with E-state index in [1.54, 1.807) is 0 Å². The molecule has 1 heterocycles. The summed E-state index contributed by atoms with van der Waals surface area (Å²) < 4.78 is 28.6. The molecule has 0 saturated carbocycles. The number of hydrogen-bond acceptors (Lipinski definition) is 5. The fourth-order valence-electron chi connectivity index (χ4n) is 1.66. The largest absolute Gasteiger partial charge is 0.310 e. The zero-order valence-corrected chi connectivity index (χ0v) is 12.0. The van der Waals surface area contributed by atoms with Gasteiger partial charge < -0.3 is 10.2 Å². The zero-order chi connectivity index (χ0) is 13.1. The molecule has 0 aromatic heterocycles. The van der Waals surface area contributed by atoms with Crippen molar-refractivity contribution in [3.8, 4) is 0 Å². The van der Waals surface area contributed by atoms with Crippen molar-refractivity contribution in [1.29, 1.82) is 0 Å². The van der Waals surface area contributed by atoms with Crippen LogP contribution in [0.4, 0.5) is 0 Å². The van der Waals surface area contributed by atoms with Gasteiger partial charge in [0.25, 0.3) is 10.1 Å². The van der Waals surface area contributed by atoms with Gasteiger partial charge in [0.15, 0.2) is 0 Å². The summed E-state index contributed by atoms with van der Waals surface area (Å²) in [4.78, 5) is 2.13. The molecule has 1 unspecified atom stereocenters. The molecule has 6 heteroatoms. The van der Waals surface area contributed by atoms with Crippen molar-refractivity contribution in [3.05, 3.63) is 0 Å². The summed E-state index contributed by atoms with van der Waals surface area (Å²) in [6.45, 7) is 8.63. The van der Waals surface area contributed by atoms with Gasteiger partial charge in [-0.2, -0.15) is 8.42 Å². The third kappa shape index (κ3) is 6.35. The van der Waals surface area contributed by atoms with E-state index >= 15 is 0 Å². The van der Waals surface area contributed by atoms with Crippen LogP contribution in [-0.4, -0.2) is 58.4 Å². The highest BCUT2D eigenvalue weighted by molar-refractivity contribution is 7.86. The number of rotatable bonds is 4. The van der Waals surface area contributed by atoms with Crippen molar-refractivity contribution in [2.45, 2.75) is 26.8 Å². The average molecular weight is 266 g/mol. The Bertz CT molecular complexity index is 341. The lowest BCUT2D eigenvalue weighted by Gasteiger charge is -2.30. The highest BCUT2D eigenvalue weighted by Gasteiger charge is 2.25. The Hall–Kier alpha value is -0.170. The second-order valence-corrected chi connectivity index (χ2v) is 7.64. The molecule has 1 aliphatic rings. The predicted octanol–water partition coefficient (Wildman–Crippen LogP) is 0.529. The molecule has 1 fully saturated rings. The lowest BCUT2D eigenvalue weighted by molar-refractivity contribution is 0.198. The molecule has 1 atom stereocenters. The summed E-state index contributed by atoms with van der Waals surface area (Å²) in [5.74, 6) is 0.0490. The van der Waals surface area contributed by atoms with Gasteiger partial charge in [0.05, 0.1) is 12.4 Å². The molecule has 0 aromatic carbocycles. The summed E-state index contributed by atoms with van der Waals surface area (Å²) in [6, 6.07) is -0.0290. The van der Waals surface area contributed by atoms with E-state index < -0.39 is 10.1 Å². The van der Waals surface area contributed by atoms with Gasteiger partial charge in [-0.3, -0.25) is 4.18 Å². The van der Waals surface area contributed by atoms with E-state index in [0.29, 0.717) is 0 Å². The van der Waals surface area contributed by atoms with E-state index in [9.17, 15) is 8.42 Å². The second-order valence-electron chi connectivity index (χ2n) is 5.96. The quantitative estimate of drug-likeness (QED) is 0.752. The lowest BCUT2D eigenvalue weighted by atomic mass is 9.99. The minimum Gasteiger partial charge on any atom is -0.310 e. The van der Waals surface area contributed by atoms with Crippen LogP contribution in [-0.2, 0) is 14.3 Å². The number of nitrogens with zero attached hydrogens (tertiary/aromatic N) is 1. The lowest BCUT2D eigenvalue weighted by Crippen LogP contribution is -2.52. The Morgan fingerprint density at radius 2 is 2.12 bits per heavy atom. The topological polar surface area (TPSA) is 58.6 Å². The first-order chi connectivity index (χ1) is 7.68. The second kappa shape index (κ2) is 5.65. The van der Waals surface area contributed by atoms with Crippen molar-refractivity contribution in [3.63, 3.8) is 0 Å². The van der Waals surface area contributed by atoms with Crippen LogP contribution in [0.15, 0.2) is 0 Å². The summed E-state index contributed by atoms with van der Waals surface area (Å²) in [5.41, 5.74) is -0.135. The van der Waals surface area contributed by atoms with Gasteiger partial charge in [0.2, 0.25) is 0 Å². The van der Waals surface area contributed by atoms with E-state index in [-0.39, 0.29) is 25.2 Å². The van der Waals surface area contributed by atoms with Crippen LogP contribution in [0.3, 0.4) is 0 Å². The van der Waals surface area contributed by atoms with Crippen molar-refractivity contribution in [1.82, 2.24) is 10.2 Å². The third-order valence-electron chi connectivity index (χ3n) is 2.54. The average Bonchev–Trinajstić information content (AvgIpc) is 2.13. The van der Waals surface area contributed by atoms with Crippen molar-refractivity contribution < 1.29 is 14.0 Å². The van der Waals surface area contributed by atoms with E-state index in [0.717, 1.165) is 19.6 Å². The van der Waals surface area contributed by atoms with Gasteiger partial charge in [0.1, 0.15) is 0 Å². The SMILES string of the molecule is CN1CCNC(CS(=O)(=O)OCC(C)(C)C)C1.[HH]. The first kappa shape index (κ1) is 14.9. The van der Waals surface area contributed by atoms with Crippen molar-refractivity contribution in [2.24, 2.45) is 5.41 Å². The van der Waals surface area contributed by atoms with Crippen molar-refractivity contribution >= 4 is 10.1 Å². The summed E-state index contributed by atoms with van der Waals surface area (Å²) in [7, 11) is -1.43. The van der Waals surface area contributed by atoms with Crippen LogP contribution in [0.5, 0.6) is 0 Å². The molecule has 0 bridgehead atoms. The van der Waals surface area contributed by atoms with Gasteiger partial charge in [-0.1, -0.05) is 20.8 Å². The van der Waals surface area contributed by atoms with Crippen molar-refractivity contribution in [2.75, 3.05) is 39.0 Å². The normalized spacial score (nSPS) is 23.9. The maximum absolute atomic E-state index is 11.8. The van der Waals surface area contributed by atoms with Gasteiger partial charge >= 0.3 is 0 Å². The highest BCUT2D eigenvalue weighted by atomic mass is 32.2. The Kier molecular flexibility index (Phi) is 4.95. The number of likely N-dealkylation sites (N-methyl/N-ethyl adjacent to an activating group) is 1. The molecular formula is C11H26N2O3S. The Morgan fingerprint density at radius 3 is 2.65 bits per heavy atom. The van der Waals surface area contributed by atoms with Gasteiger partial charge in [0, 0.05) is 27.1 Å². The zero-order valence-electron chi connectivity index (χ0n) is 11.2.